The Balaban J connectivity index is 2.24. The molecule has 0 aliphatic carbocycles. The van der Waals surface area contributed by atoms with Crippen LogP contribution in [0.1, 0.15) is 15.9 Å². The third-order valence-electron chi connectivity index (χ3n) is 2.56. The Labute approximate surface area is 113 Å². The number of carbonyl (C=O) groups is 1. The average molecular weight is 308 g/mol. The van der Waals surface area contributed by atoms with Crippen molar-refractivity contribution in [3.63, 3.8) is 0 Å². The maximum Gasteiger partial charge on any atom is 0.256 e. The number of aryl methyl sites for hydroxylation is 1. The third-order valence-corrected chi connectivity index (χ3v) is 3.25. The molecule has 0 saturated carbocycles. The second-order valence-electron chi connectivity index (χ2n) is 3.89. The minimum absolute atomic E-state index is 0.225. The maximum absolute atomic E-state index is 13.0. The number of hydrogen-bond acceptors (Lipinski definition) is 1. The van der Waals surface area contributed by atoms with Crippen LogP contribution in [0, 0.1) is 12.7 Å². The van der Waals surface area contributed by atoms with Gasteiger partial charge in [-0.15, -0.1) is 0 Å². The fourth-order valence-corrected chi connectivity index (χ4v) is 2.07. The molecule has 1 amide bonds. The Bertz CT molecular complexity index is 598. The van der Waals surface area contributed by atoms with Gasteiger partial charge in [-0.05, 0) is 58.7 Å². The van der Waals surface area contributed by atoms with Gasteiger partial charge >= 0.3 is 0 Å². The van der Waals surface area contributed by atoms with Crippen molar-refractivity contribution in [1.29, 1.82) is 0 Å². The van der Waals surface area contributed by atoms with Gasteiger partial charge in [0.15, 0.2) is 0 Å². The molecule has 0 fully saturated rings. The molecule has 0 aliphatic heterocycles. The fraction of sp³-hybridized carbons (Fsp3) is 0.0714. The lowest BCUT2D eigenvalue weighted by atomic mass is 10.1. The van der Waals surface area contributed by atoms with Gasteiger partial charge in [0.1, 0.15) is 5.82 Å². The van der Waals surface area contributed by atoms with Crippen molar-refractivity contribution in [1.82, 2.24) is 0 Å². The molecule has 0 bridgehead atoms. The number of rotatable bonds is 2. The highest BCUT2D eigenvalue weighted by atomic mass is 79.9. The SMILES string of the molecule is Cc1cc(F)ccc1NC(=O)c1ccccc1Br. The van der Waals surface area contributed by atoms with Gasteiger partial charge in [0.05, 0.1) is 5.56 Å². The highest BCUT2D eigenvalue weighted by Crippen LogP contribution is 2.20. The molecule has 0 aliphatic rings. The van der Waals surface area contributed by atoms with E-state index in [0.29, 0.717) is 16.8 Å². The van der Waals surface area contributed by atoms with Crippen molar-refractivity contribution in [2.75, 3.05) is 5.32 Å². The van der Waals surface area contributed by atoms with Gasteiger partial charge in [-0.3, -0.25) is 4.79 Å². The summed E-state index contributed by atoms with van der Waals surface area (Å²) < 4.78 is 13.7. The van der Waals surface area contributed by atoms with Crippen LogP contribution in [0.2, 0.25) is 0 Å². The Morgan fingerprint density at radius 1 is 1.22 bits per heavy atom. The zero-order chi connectivity index (χ0) is 13.1. The van der Waals surface area contributed by atoms with E-state index in [-0.39, 0.29) is 11.7 Å². The first-order valence-electron chi connectivity index (χ1n) is 5.40. The van der Waals surface area contributed by atoms with Crippen molar-refractivity contribution < 1.29 is 9.18 Å². The van der Waals surface area contributed by atoms with E-state index < -0.39 is 0 Å². The molecule has 2 rings (SSSR count). The van der Waals surface area contributed by atoms with Gasteiger partial charge in [0.2, 0.25) is 0 Å². The molecule has 0 unspecified atom stereocenters. The standard InChI is InChI=1S/C14H11BrFNO/c1-9-8-10(16)6-7-13(9)17-14(18)11-4-2-3-5-12(11)15/h2-8H,1H3,(H,17,18). The van der Waals surface area contributed by atoms with Crippen LogP contribution in [-0.2, 0) is 0 Å². The fourth-order valence-electron chi connectivity index (χ4n) is 1.60. The van der Waals surface area contributed by atoms with Crippen LogP contribution in [0.15, 0.2) is 46.9 Å². The number of halogens is 2. The summed E-state index contributed by atoms with van der Waals surface area (Å²) >= 11 is 3.32. The summed E-state index contributed by atoms with van der Waals surface area (Å²) in [7, 11) is 0. The van der Waals surface area contributed by atoms with Gasteiger partial charge < -0.3 is 5.32 Å². The number of carbonyl (C=O) groups excluding carboxylic acids is 1. The summed E-state index contributed by atoms with van der Waals surface area (Å²) in [6.07, 6.45) is 0. The van der Waals surface area contributed by atoms with E-state index in [1.165, 1.54) is 12.1 Å². The van der Waals surface area contributed by atoms with Gasteiger partial charge in [0.25, 0.3) is 5.91 Å². The Morgan fingerprint density at radius 2 is 1.94 bits per heavy atom. The van der Waals surface area contributed by atoms with E-state index in [1.54, 1.807) is 31.2 Å². The number of hydrogen-bond donors (Lipinski definition) is 1. The molecule has 18 heavy (non-hydrogen) atoms. The number of anilines is 1. The molecule has 92 valence electrons. The number of amides is 1. The molecule has 0 aromatic heterocycles. The predicted molar refractivity (Wildman–Crippen MR) is 73.2 cm³/mol. The molecule has 0 spiro atoms. The highest BCUT2D eigenvalue weighted by molar-refractivity contribution is 9.10. The van der Waals surface area contributed by atoms with Crippen LogP contribution >= 0.6 is 15.9 Å². The molecule has 1 N–H and O–H groups in total. The molecular weight excluding hydrogens is 297 g/mol. The van der Waals surface area contributed by atoms with E-state index in [4.69, 9.17) is 0 Å². The van der Waals surface area contributed by atoms with Crippen LogP contribution in [0.4, 0.5) is 10.1 Å². The third kappa shape index (κ3) is 2.76. The predicted octanol–water partition coefficient (Wildman–Crippen LogP) is 4.15. The average Bonchev–Trinajstić information content (AvgIpc) is 2.33. The van der Waals surface area contributed by atoms with E-state index >= 15 is 0 Å². The first-order chi connectivity index (χ1) is 8.58. The second kappa shape index (κ2) is 5.31. The highest BCUT2D eigenvalue weighted by Gasteiger charge is 2.10. The molecule has 4 heteroatoms. The molecule has 2 nitrogen and oxygen atoms in total. The Hall–Kier alpha value is -1.68. The van der Waals surface area contributed by atoms with Gasteiger partial charge in [-0.25, -0.2) is 4.39 Å². The van der Waals surface area contributed by atoms with Gasteiger partial charge in [0, 0.05) is 10.2 Å². The summed E-state index contributed by atoms with van der Waals surface area (Å²) in [5.41, 5.74) is 1.84. The smallest absolute Gasteiger partial charge is 0.256 e. The zero-order valence-corrected chi connectivity index (χ0v) is 11.3. The minimum Gasteiger partial charge on any atom is -0.322 e. The molecule has 0 saturated heterocycles. The second-order valence-corrected chi connectivity index (χ2v) is 4.75. The lowest BCUT2D eigenvalue weighted by Crippen LogP contribution is -2.13. The van der Waals surface area contributed by atoms with E-state index in [1.807, 2.05) is 6.07 Å². The molecule has 2 aromatic carbocycles. The van der Waals surface area contributed by atoms with E-state index in [2.05, 4.69) is 21.2 Å². The zero-order valence-electron chi connectivity index (χ0n) is 9.71. The maximum atomic E-state index is 13.0. The Kier molecular flexibility index (Phi) is 3.77. The van der Waals surface area contributed by atoms with Crippen molar-refractivity contribution in [3.8, 4) is 0 Å². The van der Waals surface area contributed by atoms with Gasteiger partial charge in [-0.2, -0.15) is 0 Å². The summed E-state index contributed by atoms with van der Waals surface area (Å²) in [5, 5.41) is 2.76. The normalized spacial score (nSPS) is 10.2. The van der Waals surface area contributed by atoms with Gasteiger partial charge in [-0.1, -0.05) is 12.1 Å². The summed E-state index contributed by atoms with van der Waals surface area (Å²) in [6.45, 7) is 1.75. The number of benzene rings is 2. The van der Waals surface area contributed by atoms with Crippen molar-refractivity contribution >= 4 is 27.5 Å². The lowest BCUT2D eigenvalue weighted by molar-refractivity contribution is 0.102. The molecule has 0 heterocycles. The van der Waals surface area contributed by atoms with Crippen LogP contribution in [0.3, 0.4) is 0 Å². The lowest BCUT2D eigenvalue weighted by Gasteiger charge is -2.09. The van der Waals surface area contributed by atoms with E-state index in [0.717, 1.165) is 4.47 Å². The topological polar surface area (TPSA) is 29.1 Å². The van der Waals surface area contributed by atoms with Crippen molar-refractivity contribution in [2.24, 2.45) is 0 Å². The summed E-state index contributed by atoms with van der Waals surface area (Å²) in [4.78, 5) is 12.0. The first kappa shape index (κ1) is 12.8. The van der Waals surface area contributed by atoms with Crippen molar-refractivity contribution in [3.05, 3.63) is 63.9 Å². The summed E-state index contributed by atoms with van der Waals surface area (Å²) in [5.74, 6) is -0.538. The van der Waals surface area contributed by atoms with Crippen LogP contribution < -0.4 is 5.32 Å². The minimum atomic E-state index is -0.314. The largest absolute Gasteiger partial charge is 0.322 e. The van der Waals surface area contributed by atoms with E-state index in [9.17, 15) is 9.18 Å². The van der Waals surface area contributed by atoms with Crippen LogP contribution in [0.25, 0.3) is 0 Å². The quantitative estimate of drug-likeness (QED) is 0.887. The van der Waals surface area contributed by atoms with Crippen molar-refractivity contribution in [2.45, 2.75) is 6.92 Å². The molecular formula is C14H11BrFNO. The monoisotopic (exact) mass is 307 g/mol. The molecule has 0 radical (unpaired) electrons. The summed E-state index contributed by atoms with van der Waals surface area (Å²) in [6, 6.07) is 11.4. The molecule has 2 aromatic rings. The van der Waals surface area contributed by atoms with Crippen LogP contribution in [0.5, 0.6) is 0 Å². The Morgan fingerprint density at radius 3 is 2.61 bits per heavy atom. The molecule has 0 atom stereocenters. The number of nitrogens with one attached hydrogen (secondary N) is 1. The van der Waals surface area contributed by atoms with Crippen LogP contribution in [-0.4, -0.2) is 5.91 Å². The first-order valence-corrected chi connectivity index (χ1v) is 6.19.